The van der Waals surface area contributed by atoms with Crippen molar-refractivity contribution in [2.24, 2.45) is 5.41 Å². The molecule has 1 aliphatic rings. The van der Waals surface area contributed by atoms with Crippen molar-refractivity contribution >= 4 is 15.9 Å². The van der Waals surface area contributed by atoms with E-state index in [-0.39, 0.29) is 0 Å². The van der Waals surface area contributed by atoms with E-state index in [1.807, 2.05) is 24.3 Å². The Morgan fingerprint density at radius 3 is 2.74 bits per heavy atom. The third-order valence-corrected chi connectivity index (χ3v) is 4.66. The third-order valence-electron chi connectivity index (χ3n) is 4.16. The molecule has 0 unspecified atom stereocenters. The van der Waals surface area contributed by atoms with Crippen LogP contribution in [-0.4, -0.2) is 20.2 Å². The molecule has 1 N–H and O–H groups in total. The summed E-state index contributed by atoms with van der Waals surface area (Å²) in [4.78, 5) is 0. The highest BCUT2D eigenvalue weighted by atomic mass is 79.9. The first-order valence-corrected chi connectivity index (χ1v) is 8.06. The zero-order valence-corrected chi connectivity index (χ0v) is 13.3. The minimum absolute atomic E-state index is 0.457. The maximum absolute atomic E-state index is 5.90. The van der Waals surface area contributed by atoms with Gasteiger partial charge in [-0.3, -0.25) is 0 Å². The van der Waals surface area contributed by atoms with Crippen LogP contribution in [0.5, 0.6) is 5.75 Å². The molecule has 1 aromatic rings. The fraction of sp³-hybridized carbons (Fsp3) is 0.625. The van der Waals surface area contributed by atoms with Crippen LogP contribution in [-0.2, 0) is 0 Å². The van der Waals surface area contributed by atoms with E-state index in [0.717, 1.165) is 29.8 Å². The minimum atomic E-state index is 0.457. The molecule has 0 bridgehead atoms. The molecule has 1 fully saturated rings. The van der Waals surface area contributed by atoms with Gasteiger partial charge in [0.1, 0.15) is 5.75 Å². The van der Waals surface area contributed by atoms with Crippen molar-refractivity contribution in [2.45, 2.75) is 38.5 Å². The lowest BCUT2D eigenvalue weighted by Gasteiger charge is -2.37. The van der Waals surface area contributed by atoms with Crippen LogP contribution in [0.3, 0.4) is 0 Å². The van der Waals surface area contributed by atoms with Gasteiger partial charge in [-0.05, 0) is 49.9 Å². The average molecular weight is 326 g/mol. The number of hydrogen-bond donors (Lipinski definition) is 1. The first-order chi connectivity index (χ1) is 9.24. The molecule has 106 valence electrons. The third kappa shape index (κ3) is 4.50. The van der Waals surface area contributed by atoms with E-state index in [1.54, 1.807) is 0 Å². The summed E-state index contributed by atoms with van der Waals surface area (Å²) < 4.78 is 6.98. The van der Waals surface area contributed by atoms with Gasteiger partial charge < -0.3 is 10.1 Å². The standard InChI is InChI=1S/C16H24BrNO/c1-18-13-16(8-3-2-4-9-16)10-11-19-15-7-5-6-14(17)12-15/h5-7,12,18H,2-4,8-11,13H2,1H3. The fourth-order valence-corrected chi connectivity index (χ4v) is 3.51. The largest absolute Gasteiger partial charge is 0.494 e. The highest BCUT2D eigenvalue weighted by Crippen LogP contribution is 2.38. The van der Waals surface area contributed by atoms with Gasteiger partial charge in [-0.1, -0.05) is 41.3 Å². The predicted octanol–water partition coefficient (Wildman–Crippen LogP) is 4.39. The quantitative estimate of drug-likeness (QED) is 0.837. The highest BCUT2D eigenvalue weighted by molar-refractivity contribution is 9.10. The highest BCUT2D eigenvalue weighted by Gasteiger charge is 2.31. The molecule has 1 aromatic carbocycles. The van der Waals surface area contributed by atoms with Crippen LogP contribution in [0.4, 0.5) is 0 Å². The molecule has 3 heteroatoms. The molecule has 2 rings (SSSR count). The number of hydrogen-bond acceptors (Lipinski definition) is 2. The molecule has 0 aliphatic heterocycles. The van der Waals surface area contributed by atoms with Crippen molar-refractivity contribution in [3.8, 4) is 5.75 Å². The Hall–Kier alpha value is -0.540. The van der Waals surface area contributed by atoms with Crippen molar-refractivity contribution in [3.63, 3.8) is 0 Å². The van der Waals surface area contributed by atoms with Crippen LogP contribution in [0.25, 0.3) is 0 Å². The Morgan fingerprint density at radius 2 is 2.05 bits per heavy atom. The van der Waals surface area contributed by atoms with Gasteiger partial charge in [-0.25, -0.2) is 0 Å². The molecule has 19 heavy (non-hydrogen) atoms. The van der Waals surface area contributed by atoms with Gasteiger partial charge in [0.2, 0.25) is 0 Å². The second kappa shape index (κ2) is 7.30. The van der Waals surface area contributed by atoms with Crippen molar-refractivity contribution in [1.29, 1.82) is 0 Å². The predicted molar refractivity (Wildman–Crippen MR) is 83.7 cm³/mol. The van der Waals surface area contributed by atoms with Gasteiger partial charge in [0.05, 0.1) is 6.61 Å². The van der Waals surface area contributed by atoms with Gasteiger partial charge in [0, 0.05) is 11.0 Å². The van der Waals surface area contributed by atoms with Crippen molar-refractivity contribution < 1.29 is 4.74 Å². The Bertz CT molecular complexity index is 383. The Balaban J connectivity index is 1.85. The zero-order valence-electron chi connectivity index (χ0n) is 11.8. The molecular weight excluding hydrogens is 302 g/mol. The van der Waals surface area contributed by atoms with Crippen LogP contribution < -0.4 is 10.1 Å². The van der Waals surface area contributed by atoms with E-state index in [4.69, 9.17) is 4.74 Å². The Kier molecular flexibility index (Phi) is 5.71. The molecule has 2 nitrogen and oxygen atoms in total. The number of rotatable bonds is 6. The molecule has 0 radical (unpaired) electrons. The van der Waals surface area contributed by atoms with E-state index in [9.17, 15) is 0 Å². The number of halogens is 1. The van der Waals surface area contributed by atoms with Crippen LogP contribution in [0, 0.1) is 5.41 Å². The van der Waals surface area contributed by atoms with Crippen molar-refractivity contribution in [3.05, 3.63) is 28.7 Å². The Labute approximate surface area is 125 Å². The summed E-state index contributed by atoms with van der Waals surface area (Å²) in [5.74, 6) is 0.963. The van der Waals surface area contributed by atoms with Crippen LogP contribution in [0.15, 0.2) is 28.7 Å². The smallest absolute Gasteiger partial charge is 0.120 e. The van der Waals surface area contributed by atoms with E-state index >= 15 is 0 Å². The summed E-state index contributed by atoms with van der Waals surface area (Å²) in [5, 5.41) is 3.37. The SMILES string of the molecule is CNCC1(CCOc2cccc(Br)c2)CCCCC1. The lowest BCUT2D eigenvalue weighted by atomic mass is 9.72. The first kappa shape index (κ1) is 14.9. The molecule has 1 aliphatic carbocycles. The molecule has 0 spiro atoms. The summed E-state index contributed by atoms with van der Waals surface area (Å²) in [6, 6.07) is 8.10. The molecule has 0 atom stereocenters. The van der Waals surface area contributed by atoms with Crippen LogP contribution >= 0.6 is 15.9 Å². The number of nitrogens with one attached hydrogen (secondary N) is 1. The minimum Gasteiger partial charge on any atom is -0.494 e. The van der Waals surface area contributed by atoms with Gasteiger partial charge in [0.25, 0.3) is 0 Å². The van der Waals surface area contributed by atoms with Gasteiger partial charge in [-0.15, -0.1) is 0 Å². The average Bonchev–Trinajstić information content (AvgIpc) is 2.40. The number of ether oxygens (including phenoxy) is 1. The van der Waals surface area contributed by atoms with E-state index in [0.29, 0.717) is 5.41 Å². The lowest BCUT2D eigenvalue weighted by Crippen LogP contribution is -2.36. The van der Waals surface area contributed by atoms with E-state index in [1.165, 1.54) is 32.1 Å². The van der Waals surface area contributed by atoms with Crippen LogP contribution in [0.2, 0.25) is 0 Å². The van der Waals surface area contributed by atoms with Crippen LogP contribution in [0.1, 0.15) is 38.5 Å². The molecule has 0 heterocycles. The van der Waals surface area contributed by atoms with Gasteiger partial charge in [0.15, 0.2) is 0 Å². The second-order valence-electron chi connectivity index (χ2n) is 5.65. The first-order valence-electron chi connectivity index (χ1n) is 7.27. The monoisotopic (exact) mass is 325 g/mol. The summed E-state index contributed by atoms with van der Waals surface area (Å²) in [6.07, 6.45) is 7.99. The van der Waals surface area contributed by atoms with E-state index in [2.05, 4.69) is 28.3 Å². The summed E-state index contributed by atoms with van der Waals surface area (Å²) in [5.41, 5.74) is 0.457. The van der Waals surface area contributed by atoms with Gasteiger partial charge >= 0.3 is 0 Å². The molecule has 0 aromatic heterocycles. The van der Waals surface area contributed by atoms with Gasteiger partial charge in [-0.2, -0.15) is 0 Å². The summed E-state index contributed by atoms with van der Waals surface area (Å²) >= 11 is 3.48. The topological polar surface area (TPSA) is 21.3 Å². The maximum atomic E-state index is 5.90. The number of benzene rings is 1. The van der Waals surface area contributed by atoms with Crippen molar-refractivity contribution in [2.75, 3.05) is 20.2 Å². The van der Waals surface area contributed by atoms with E-state index < -0.39 is 0 Å². The Morgan fingerprint density at radius 1 is 1.26 bits per heavy atom. The summed E-state index contributed by atoms with van der Waals surface area (Å²) in [6.45, 7) is 1.94. The molecule has 1 saturated carbocycles. The molecular formula is C16H24BrNO. The molecule has 0 amide bonds. The fourth-order valence-electron chi connectivity index (χ4n) is 3.13. The second-order valence-corrected chi connectivity index (χ2v) is 6.56. The lowest BCUT2D eigenvalue weighted by molar-refractivity contribution is 0.136. The maximum Gasteiger partial charge on any atom is 0.120 e. The normalized spacial score (nSPS) is 18.2. The summed E-state index contributed by atoms with van der Waals surface area (Å²) in [7, 11) is 2.06. The zero-order chi connectivity index (χ0) is 13.6. The van der Waals surface area contributed by atoms with Crippen molar-refractivity contribution in [1.82, 2.24) is 5.32 Å². The molecule has 0 saturated heterocycles.